The van der Waals surface area contributed by atoms with Gasteiger partial charge in [0, 0.05) is 17.2 Å². The van der Waals surface area contributed by atoms with Gasteiger partial charge in [0.15, 0.2) is 0 Å². The van der Waals surface area contributed by atoms with Crippen molar-refractivity contribution in [3.05, 3.63) is 36.3 Å². The molecule has 90 valence electrons. The Kier molecular flexibility index (Phi) is 3.95. The third kappa shape index (κ3) is 3.16. The molecule has 17 heavy (non-hydrogen) atoms. The molecule has 2 rings (SSSR count). The smallest absolute Gasteiger partial charge is 0.116 e. The first kappa shape index (κ1) is 12.3. The minimum atomic E-state index is 0.147. The van der Waals surface area contributed by atoms with Crippen LogP contribution in [0, 0.1) is 5.92 Å². The fourth-order valence-corrected chi connectivity index (χ4v) is 2.53. The summed E-state index contributed by atoms with van der Waals surface area (Å²) in [6.45, 7) is 4.38. The highest BCUT2D eigenvalue weighted by molar-refractivity contribution is 6.20. The van der Waals surface area contributed by atoms with Gasteiger partial charge in [-0.05, 0) is 18.4 Å². The maximum Gasteiger partial charge on any atom is 0.116 e. The number of hydrogen-bond donors (Lipinski definition) is 0. The van der Waals surface area contributed by atoms with E-state index in [1.165, 1.54) is 0 Å². The quantitative estimate of drug-likeness (QED) is 0.769. The SMILES string of the molecule is CC(C)CC(Cl)Cc1ncnc2ccccc12. The molecule has 0 amide bonds. The molecule has 0 aliphatic carbocycles. The van der Waals surface area contributed by atoms with Gasteiger partial charge in [-0.25, -0.2) is 9.97 Å². The maximum atomic E-state index is 6.35. The Bertz CT molecular complexity index is 491. The van der Waals surface area contributed by atoms with Gasteiger partial charge in [0.1, 0.15) is 6.33 Å². The van der Waals surface area contributed by atoms with Crippen LogP contribution in [0.25, 0.3) is 10.9 Å². The van der Waals surface area contributed by atoms with Gasteiger partial charge in [-0.3, -0.25) is 0 Å². The van der Waals surface area contributed by atoms with Crippen molar-refractivity contribution < 1.29 is 0 Å². The molecule has 2 nitrogen and oxygen atoms in total. The minimum Gasteiger partial charge on any atom is -0.241 e. The predicted molar refractivity (Wildman–Crippen MR) is 72.3 cm³/mol. The van der Waals surface area contributed by atoms with E-state index >= 15 is 0 Å². The van der Waals surface area contributed by atoms with Crippen LogP contribution in [0.15, 0.2) is 30.6 Å². The number of fused-ring (bicyclic) bond motifs is 1. The van der Waals surface area contributed by atoms with E-state index < -0.39 is 0 Å². The van der Waals surface area contributed by atoms with Crippen molar-refractivity contribution in [2.45, 2.75) is 32.1 Å². The summed E-state index contributed by atoms with van der Waals surface area (Å²) in [5.41, 5.74) is 2.04. The number of halogens is 1. The zero-order valence-corrected chi connectivity index (χ0v) is 11.0. The molecule has 1 unspecified atom stereocenters. The number of aromatic nitrogens is 2. The zero-order valence-electron chi connectivity index (χ0n) is 10.2. The molecule has 1 aromatic carbocycles. The highest BCUT2D eigenvalue weighted by Gasteiger charge is 2.11. The van der Waals surface area contributed by atoms with E-state index in [1.807, 2.05) is 18.2 Å². The molecule has 0 spiro atoms. The van der Waals surface area contributed by atoms with Gasteiger partial charge < -0.3 is 0 Å². The second kappa shape index (κ2) is 5.46. The van der Waals surface area contributed by atoms with Gasteiger partial charge in [-0.2, -0.15) is 0 Å². The third-order valence-corrected chi connectivity index (χ3v) is 3.10. The molecule has 0 saturated carbocycles. The summed E-state index contributed by atoms with van der Waals surface area (Å²) in [7, 11) is 0. The van der Waals surface area contributed by atoms with Crippen LogP contribution in [0.5, 0.6) is 0 Å². The molecular formula is C14H17ClN2. The second-order valence-corrected chi connectivity index (χ2v) is 5.39. The first-order chi connectivity index (χ1) is 8.16. The van der Waals surface area contributed by atoms with E-state index in [0.29, 0.717) is 5.92 Å². The van der Waals surface area contributed by atoms with Crippen LogP contribution in [0.1, 0.15) is 26.0 Å². The summed E-state index contributed by atoms with van der Waals surface area (Å²) < 4.78 is 0. The molecule has 1 atom stereocenters. The van der Waals surface area contributed by atoms with Crippen molar-refractivity contribution in [2.24, 2.45) is 5.92 Å². The molecule has 0 aliphatic heterocycles. The highest BCUT2D eigenvalue weighted by atomic mass is 35.5. The summed E-state index contributed by atoms with van der Waals surface area (Å²) in [6, 6.07) is 8.07. The molecule has 0 fully saturated rings. The average molecular weight is 249 g/mol. The van der Waals surface area contributed by atoms with E-state index in [1.54, 1.807) is 6.33 Å². The van der Waals surface area contributed by atoms with Gasteiger partial charge >= 0.3 is 0 Å². The first-order valence-corrected chi connectivity index (χ1v) is 6.43. The van der Waals surface area contributed by atoms with E-state index in [4.69, 9.17) is 11.6 Å². The van der Waals surface area contributed by atoms with Crippen molar-refractivity contribution in [3.8, 4) is 0 Å². The second-order valence-electron chi connectivity index (χ2n) is 4.77. The molecule has 0 aliphatic rings. The number of rotatable bonds is 4. The Labute approximate surface area is 107 Å². The lowest BCUT2D eigenvalue weighted by atomic mass is 10.0. The van der Waals surface area contributed by atoms with Crippen molar-refractivity contribution in [2.75, 3.05) is 0 Å². The van der Waals surface area contributed by atoms with E-state index in [2.05, 4.69) is 29.9 Å². The van der Waals surface area contributed by atoms with Crippen LogP contribution in [0.4, 0.5) is 0 Å². The fraction of sp³-hybridized carbons (Fsp3) is 0.429. The standard InChI is InChI=1S/C14H17ClN2/c1-10(2)7-11(15)8-14-12-5-3-4-6-13(12)16-9-17-14/h3-6,9-11H,7-8H2,1-2H3. The van der Waals surface area contributed by atoms with E-state index in [-0.39, 0.29) is 5.38 Å². The monoisotopic (exact) mass is 248 g/mol. The highest BCUT2D eigenvalue weighted by Crippen LogP contribution is 2.20. The van der Waals surface area contributed by atoms with Crippen LogP contribution in [0.2, 0.25) is 0 Å². The molecule has 1 heterocycles. The number of para-hydroxylation sites is 1. The van der Waals surface area contributed by atoms with Crippen LogP contribution >= 0.6 is 11.6 Å². The van der Waals surface area contributed by atoms with Crippen LogP contribution in [-0.4, -0.2) is 15.3 Å². The summed E-state index contributed by atoms with van der Waals surface area (Å²) in [5, 5.41) is 1.26. The molecule has 2 aromatic rings. The van der Waals surface area contributed by atoms with Crippen molar-refractivity contribution in [1.29, 1.82) is 0 Å². The van der Waals surface area contributed by atoms with Crippen LogP contribution in [-0.2, 0) is 6.42 Å². The minimum absolute atomic E-state index is 0.147. The lowest BCUT2D eigenvalue weighted by molar-refractivity contribution is 0.559. The van der Waals surface area contributed by atoms with Crippen molar-refractivity contribution >= 4 is 22.5 Å². The molecule has 0 N–H and O–H groups in total. The number of nitrogens with zero attached hydrogens (tertiary/aromatic N) is 2. The van der Waals surface area contributed by atoms with E-state index in [9.17, 15) is 0 Å². The first-order valence-electron chi connectivity index (χ1n) is 5.99. The van der Waals surface area contributed by atoms with Gasteiger partial charge in [0.25, 0.3) is 0 Å². The van der Waals surface area contributed by atoms with Gasteiger partial charge in [-0.1, -0.05) is 32.0 Å². The lowest BCUT2D eigenvalue weighted by Crippen LogP contribution is -2.09. The zero-order chi connectivity index (χ0) is 12.3. The Morgan fingerprint density at radius 1 is 1.18 bits per heavy atom. The topological polar surface area (TPSA) is 25.8 Å². The molecule has 1 aromatic heterocycles. The maximum absolute atomic E-state index is 6.35. The Balaban J connectivity index is 2.24. The Hall–Kier alpha value is -1.15. The van der Waals surface area contributed by atoms with Crippen molar-refractivity contribution in [3.63, 3.8) is 0 Å². The summed E-state index contributed by atoms with van der Waals surface area (Å²) in [5.74, 6) is 0.616. The summed E-state index contributed by atoms with van der Waals surface area (Å²) >= 11 is 6.35. The molecule has 0 bridgehead atoms. The van der Waals surface area contributed by atoms with Gasteiger partial charge in [-0.15, -0.1) is 11.6 Å². The van der Waals surface area contributed by atoms with Crippen LogP contribution in [0.3, 0.4) is 0 Å². The summed E-state index contributed by atoms with van der Waals surface area (Å²) in [4.78, 5) is 8.61. The fourth-order valence-electron chi connectivity index (χ4n) is 2.03. The number of alkyl halides is 1. The van der Waals surface area contributed by atoms with Crippen molar-refractivity contribution in [1.82, 2.24) is 9.97 Å². The third-order valence-electron chi connectivity index (χ3n) is 2.77. The van der Waals surface area contributed by atoms with E-state index in [0.717, 1.165) is 29.4 Å². The summed E-state index contributed by atoms with van der Waals surface area (Å²) in [6.07, 6.45) is 3.44. The normalized spacial score (nSPS) is 13.2. The Morgan fingerprint density at radius 3 is 2.71 bits per heavy atom. The molecule has 0 radical (unpaired) electrons. The van der Waals surface area contributed by atoms with Gasteiger partial charge in [0.05, 0.1) is 11.2 Å². The van der Waals surface area contributed by atoms with Crippen LogP contribution < -0.4 is 0 Å². The predicted octanol–water partition coefficient (Wildman–Crippen LogP) is 3.83. The molecule has 0 saturated heterocycles. The lowest BCUT2D eigenvalue weighted by Gasteiger charge is -2.12. The number of hydrogen-bond acceptors (Lipinski definition) is 2. The Morgan fingerprint density at radius 2 is 1.94 bits per heavy atom. The number of benzene rings is 1. The largest absolute Gasteiger partial charge is 0.241 e. The average Bonchev–Trinajstić information content (AvgIpc) is 2.28. The molecule has 3 heteroatoms. The van der Waals surface area contributed by atoms with Gasteiger partial charge in [0.2, 0.25) is 0 Å². The molecular weight excluding hydrogens is 232 g/mol.